The van der Waals surface area contributed by atoms with E-state index in [-0.39, 0.29) is 12.5 Å². The molecule has 0 aliphatic carbocycles. The van der Waals surface area contributed by atoms with E-state index in [1.807, 2.05) is 18.2 Å². The maximum absolute atomic E-state index is 11.9. The van der Waals surface area contributed by atoms with Gasteiger partial charge >= 0.3 is 0 Å². The van der Waals surface area contributed by atoms with Crippen molar-refractivity contribution in [2.45, 2.75) is 39.0 Å². The van der Waals surface area contributed by atoms with Crippen LogP contribution in [-0.4, -0.2) is 29.3 Å². The number of aryl methyl sites for hydroxylation is 1. The molecule has 24 heavy (non-hydrogen) atoms. The highest BCUT2D eigenvalue weighted by molar-refractivity contribution is 7.15. The highest BCUT2D eigenvalue weighted by atomic mass is 32.1. The van der Waals surface area contributed by atoms with Crippen molar-refractivity contribution in [2.24, 2.45) is 0 Å². The molecule has 2 rings (SSSR count). The largest absolute Gasteiger partial charge is 0.483 e. The molecule has 0 spiro atoms. The number of hydrogen-bond acceptors (Lipinski definition) is 6. The lowest BCUT2D eigenvalue weighted by molar-refractivity contribution is -0.123. The fourth-order valence-electron chi connectivity index (χ4n) is 2.27. The Morgan fingerprint density at radius 3 is 2.88 bits per heavy atom. The first-order chi connectivity index (χ1) is 11.6. The van der Waals surface area contributed by atoms with Crippen molar-refractivity contribution in [3.8, 4) is 5.75 Å². The maximum atomic E-state index is 11.9. The summed E-state index contributed by atoms with van der Waals surface area (Å²) in [6.45, 7) is 4.90. The van der Waals surface area contributed by atoms with Gasteiger partial charge in [-0.05, 0) is 30.4 Å². The Balaban J connectivity index is 1.71. The zero-order valence-electron chi connectivity index (χ0n) is 14.1. The van der Waals surface area contributed by atoms with E-state index >= 15 is 0 Å². The summed E-state index contributed by atoms with van der Waals surface area (Å²) in [5.74, 6) is 1.07. The number of nitrogens with zero attached hydrogens (tertiary/aromatic N) is 2. The van der Waals surface area contributed by atoms with Gasteiger partial charge in [0.1, 0.15) is 10.8 Å². The van der Waals surface area contributed by atoms with E-state index in [2.05, 4.69) is 35.4 Å². The van der Waals surface area contributed by atoms with Gasteiger partial charge in [-0.1, -0.05) is 43.4 Å². The highest BCUT2D eigenvalue weighted by Crippen LogP contribution is 2.28. The van der Waals surface area contributed by atoms with Crippen molar-refractivity contribution in [1.82, 2.24) is 15.5 Å². The van der Waals surface area contributed by atoms with Gasteiger partial charge in [0.15, 0.2) is 6.61 Å². The fourth-order valence-corrected chi connectivity index (χ4v) is 2.92. The monoisotopic (exact) mass is 348 g/mol. The van der Waals surface area contributed by atoms with Crippen molar-refractivity contribution in [3.05, 3.63) is 34.8 Å². The van der Waals surface area contributed by atoms with Crippen molar-refractivity contribution in [1.29, 1.82) is 0 Å². The van der Waals surface area contributed by atoms with Gasteiger partial charge in [-0.25, -0.2) is 0 Å². The molecule has 1 aromatic carbocycles. The predicted octanol–water partition coefficient (Wildman–Crippen LogP) is 2.76. The van der Waals surface area contributed by atoms with E-state index in [9.17, 15) is 4.79 Å². The molecule has 3 N–H and O–H groups in total. The summed E-state index contributed by atoms with van der Waals surface area (Å²) < 4.78 is 5.69. The zero-order chi connectivity index (χ0) is 17.4. The van der Waals surface area contributed by atoms with Crippen LogP contribution in [0.2, 0.25) is 0 Å². The van der Waals surface area contributed by atoms with Gasteiger partial charge in [0.2, 0.25) is 5.13 Å². The first kappa shape index (κ1) is 18.2. The molecule has 2 aromatic rings. The van der Waals surface area contributed by atoms with Gasteiger partial charge < -0.3 is 15.8 Å². The van der Waals surface area contributed by atoms with Gasteiger partial charge in [0.25, 0.3) is 5.91 Å². The second kappa shape index (κ2) is 9.22. The number of hydrogen-bond donors (Lipinski definition) is 2. The van der Waals surface area contributed by atoms with E-state index in [0.717, 1.165) is 35.6 Å². The molecule has 0 aliphatic heterocycles. The molecule has 1 unspecified atom stereocenters. The minimum Gasteiger partial charge on any atom is -0.483 e. The van der Waals surface area contributed by atoms with Crippen LogP contribution >= 0.6 is 11.3 Å². The Labute approximate surface area is 146 Å². The summed E-state index contributed by atoms with van der Waals surface area (Å²) in [6.07, 6.45) is 2.58. The molecule has 1 heterocycles. The molecule has 0 bridgehead atoms. The Kier molecular flexibility index (Phi) is 6.99. The summed E-state index contributed by atoms with van der Waals surface area (Å²) in [5.41, 5.74) is 6.67. The second-order valence-corrected chi connectivity index (χ2v) is 6.72. The van der Waals surface area contributed by atoms with Gasteiger partial charge in [-0.15, -0.1) is 10.2 Å². The van der Waals surface area contributed by atoms with Gasteiger partial charge in [-0.3, -0.25) is 4.79 Å². The van der Waals surface area contributed by atoms with Crippen molar-refractivity contribution in [3.63, 3.8) is 0 Å². The highest BCUT2D eigenvalue weighted by Gasteiger charge is 2.11. The summed E-state index contributed by atoms with van der Waals surface area (Å²) in [6, 6.07) is 7.88. The molecule has 7 heteroatoms. The first-order valence-corrected chi connectivity index (χ1v) is 8.98. The number of ether oxygens (including phenoxy) is 1. The number of carbonyl (C=O) groups excluding carboxylic acids is 1. The normalized spacial score (nSPS) is 11.9. The number of aromatic nitrogens is 2. The van der Waals surface area contributed by atoms with Crippen molar-refractivity contribution >= 4 is 22.4 Å². The SMILES string of the molecule is CCC(C)c1ccccc1OCC(=O)NCCCc1nnc(N)s1. The van der Waals surface area contributed by atoms with Crippen LogP contribution in [0.5, 0.6) is 5.75 Å². The molecule has 0 radical (unpaired) electrons. The van der Waals surface area contributed by atoms with E-state index in [1.54, 1.807) is 0 Å². The molecule has 130 valence electrons. The van der Waals surface area contributed by atoms with Crippen LogP contribution in [0.15, 0.2) is 24.3 Å². The minimum absolute atomic E-state index is 0.0270. The van der Waals surface area contributed by atoms with E-state index in [1.165, 1.54) is 11.3 Å². The van der Waals surface area contributed by atoms with E-state index in [4.69, 9.17) is 10.5 Å². The molecule has 1 atom stereocenters. The number of amides is 1. The molecule has 1 amide bonds. The minimum atomic E-state index is -0.120. The number of benzene rings is 1. The molecular weight excluding hydrogens is 324 g/mol. The molecule has 0 fully saturated rings. The van der Waals surface area contributed by atoms with Crippen molar-refractivity contribution in [2.75, 3.05) is 18.9 Å². The summed E-state index contributed by atoms with van der Waals surface area (Å²) >= 11 is 1.38. The topological polar surface area (TPSA) is 90.1 Å². The summed E-state index contributed by atoms with van der Waals surface area (Å²) in [7, 11) is 0. The number of nitrogens with one attached hydrogen (secondary N) is 1. The second-order valence-electron chi connectivity index (χ2n) is 5.62. The van der Waals surface area contributed by atoms with Crippen LogP contribution in [-0.2, 0) is 11.2 Å². The third-order valence-electron chi connectivity index (χ3n) is 3.79. The van der Waals surface area contributed by atoms with Crippen LogP contribution in [0.3, 0.4) is 0 Å². The number of carbonyl (C=O) groups is 1. The number of nitrogen functional groups attached to an aromatic ring is 1. The average Bonchev–Trinajstić information content (AvgIpc) is 3.01. The summed E-state index contributed by atoms with van der Waals surface area (Å²) in [4.78, 5) is 11.9. The molecular formula is C17H24N4O2S. The standard InChI is InChI=1S/C17H24N4O2S/c1-3-12(2)13-7-4-5-8-14(13)23-11-15(22)19-10-6-9-16-20-21-17(18)24-16/h4-5,7-8,12H,3,6,9-11H2,1-2H3,(H2,18,21)(H,19,22). The van der Waals surface area contributed by atoms with Gasteiger partial charge in [0, 0.05) is 13.0 Å². The van der Waals surface area contributed by atoms with E-state index in [0.29, 0.717) is 17.6 Å². The van der Waals surface area contributed by atoms with Crippen molar-refractivity contribution < 1.29 is 9.53 Å². The quantitative estimate of drug-likeness (QED) is 0.680. The van der Waals surface area contributed by atoms with E-state index < -0.39 is 0 Å². The lowest BCUT2D eigenvalue weighted by atomic mass is 9.98. The predicted molar refractivity (Wildman–Crippen MR) is 96.3 cm³/mol. The molecule has 1 aromatic heterocycles. The maximum Gasteiger partial charge on any atom is 0.257 e. The third-order valence-corrected chi connectivity index (χ3v) is 4.61. The smallest absolute Gasteiger partial charge is 0.257 e. The Morgan fingerprint density at radius 1 is 1.38 bits per heavy atom. The third kappa shape index (κ3) is 5.49. The van der Waals surface area contributed by atoms with Crippen LogP contribution in [0.25, 0.3) is 0 Å². The molecule has 0 aliphatic rings. The average molecular weight is 348 g/mol. The Bertz CT molecular complexity index is 660. The number of rotatable bonds is 9. The molecule has 0 saturated carbocycles. The molecule has 0 saturated heterocycles. The number of nitrogens with two attached hydrogens (primary N) is 1. The lowest BCUT2D eigenvalue weighted by Crippen LogP contribution is -2.30. The number of para-hydroxylation sites is 1. The number of anilines is 1. The lowest BCUT2D eigenvalue weighted by Gasteiger charge is -2.15. The Morgan fingerprint density at radius 2 is 2.17 bits per heavy atom. The fraction of sp³-hybridized carbons (Fsp3) is 0.471. The summed E-state index contributed by atoms with van der Waals surface area (Å²) in [5, 5.41) is 11.9. The molecule has 6 nitrogen and oxygen atoms in total. The van der Waals surface area contributed by atoms with Crippen LogP contribution < -0.4 is 15.8 Å². The van der Waals surface area contributed by atoms with Crippen LogP contribution in [0.1, 0.15) is 43.2 Å². The Hall–Kier alpha value is -2.15. The zero-order valence-corrected chi connectivity index (χ0v) is 14.9. The van der Waals surface area contributed by atoms with Crippen LogP contribution in [0.4, 0.5) is 5.13 Å². The van der Waals surface area contributed by atoms with Gasteiger partial charge in [0.05, 0.1) is 0 Å². The van der Waals surface area contributed by atoms with Gasteiger partial charge in [-0.2, -0.15) is 0 Å². The van der Waals surface area contributed by atoms with Crippen LogP contribution in [0, 0.1) is 0 Å². The first-order valence-electron chi connectivity index (χ1n) is 8.16.